The smallest absolute Gasteiger partial charge is 0.243 e. The predicted octanol–water partition coefficient (Wildman–Crippen LogP) is 3.80. The van der Waals surface area contributed by atoms with Crippen molar-refractivity contribution in [2.24, 2.45) is 23.2 Å². The monoisotopic (exact) mass is 447 g/mol. The van der Waals surface area contributed by atoms with Gasteiger partial charge in [-0.25, -0.2) is 8.42 Å². The molecule has 4 aliphatic rings. The number of rotatable bonds is 8. The van der Waals surface area contributed by atoms with Crippen LogP contribution in [0.4, 0.5) is 5.69 Å². The second-order valence-corrected chi connectivity index (χ2v) is 12.8. The number of benzene rings is 1. The van der Waals surface area contributed by atoms with E-state index in [0.717, 1.165) is 24.3 Å². The Balaban J connectivity index is 1.32. The third-order valence-corrected chi connectivity index (χ3v) is 9.77. The molecule has 4 bridgehead atoms. The van der Waals surface area contributed by atoms with Crippen LogP contribution in [0.15, 0.2) is 29.2 Å². The summed E-state index contributed by atoms with van der Waals surface area (Å²) in [7, 11) is 0.114. The molecule has 1 N–H and O–H groups in total. The Morgan fingerprint density at radius 3 is 2.03 bits per heavy atom. The van der Waals surface area contributed by atoms with Crippen LogP contribution in [0.3, 0.4) is 0 Å². The Labute approximate surface area is 187 Å². The molecule has 0 radical (unpaired) electrons. The van der Waals surface area contributed by atoms with Gasteiger partial charge in [0.25, 0.3) is 0 Å². The maximum Gasteiger partial charge on any atom is 0.243 e. The van der Waals surface area contributed by atoms with E-state index in [1.165, 1.54) is 42.8 Å². The van der Waals surface area contributed by atoms with Gasteiger partial charge in [0, 0.05) is 25.3 Å². The lowest BCUT2D eigenvalue weighted by molar-refractivity contribution is -0.118. The summed E-state index contributed by atoms with van der Waals surface area (Å²) < 4.78 is 26.5. The van der Waals surface area contributed by atoms with Crippen LogP contribution < -0.4 is 5.32 Å². The molecule has 4 aliphatic carbocycles. The summed E-state index contributed by atoms with van der Waals surface area (Å²) in [6.45, 7) is 5.04. The first-order chi connectivity index (χ1) is 14.6. The van der Waals surface area contributed by atoms with Crippen molar-refractivity contribution in [1.29, 1.82) is 0 Å². The highest BCUT2D eigenvalue weighted by Crippen LogP contribution is 2.60. The maximum atomic E-state index is 12.6. The number of carbonyl (C=O) groups excluding carboxylic acids is 1. The first kappa shape index (κ1) is 22.7. The van der Waals surface area contributed by atoms with E-state index < -0.39 is 10.0 Å². The maximum absolute atomic E-state index is 12.6. The molecule has 0 unspecified atom stereocenters. The molecule has 4 saturated carbocycles. The van der Waals surface area contributed by atoms with E-state index >= 15 is 0 Å². The number of hydrogen-bond donors (Lipinski definition) is 1. The largest absolute Gasteiger partial charge is 0.325 e. The molecule has 172 valence electrons. The van der Waals surface area contributed by atoms with Crippen molar-refractivity contribution in [3.63, 3.8) is 0 Å². The summed E-state index contributed by atoms with van der Waals surface area (Å²) in [5, 5.41) is 2.92. The van der Waals surface area contributed by atoms with E-state index in [2.05, 4.69) is 17.3 Å². The zero-order chi connectivity index (χ0) is 22.4. The quantitative estimate of drug-likeness (QED) is 0.658. The molecule has 5 rings (SSSR count). The van der Waals surface area contributed by atoms with Crippen LogP contribution in [0, 0.1) is 23.2 Å². The number of nitrogens with one attached hydrogen (secondary N) is 1. The second kappa shape index (κ2) is 8.49. The zero-order valence-corrected chi connectivity index (χ0v) is 20.1. The number of likely N-dealkylation sites (N-methyl/N-ethyl adjacent to an activating group) is 1. The van der Waals surface area contributed by atoms with Crippen LogP contribution >= 0.6 is 0 Å². The second-order valence-electron chi connectivity index (χ2n) is 10.8. The molecule has 6 nitrogen and oxygen atoms in total. The van der Waals surface area contributed by atoms with Crippen LogP contribution in [-0.2, 0) is 14.8 Å². The molecule has 1 aromatic carbocycles. The Bertz CT molecular complexity index is 875. The minimum Gasteiger partial charge on any atom is -0.325 e. The van der Waals surface area contributed by atoms with Crippen molar-refractivity contribution in [3.8, 4) is 0 Å². The van der Waals surface area contributed by atoms with E-state index in [-0.39, 0.29) is 16.8 Å². The lowest BCUT2D eigenvalue weighted by Gasteiger charge is -2.57. The molecule has 0 atom stereocenters. The first-order valence-corrected chi connectivity index (χ1v) is 13.1. The Kier molecular flexibility index (Phi) is 6.23. The fraction of sp³-hybridized carbons (Fsp3) is 0.708. The van der Waals surface area contributed by atoms with Crippen LogP contribution in [-0.4, -0.2) is 56.8 Å². The number of sulfonamides is 1. The Morgan fingerprint density at radius 2 is 1.55 bits per heavy atom. The molecule has 4 fully saturated rings. The molecule has 7 heteroatoms. The van der Waals surface area contributed by atoms with E-state index in [9.17, 15) is 13.2 Å². The number of anilines is 1. The van der Waals surface area contributed by atoms with Crippen molar-refractivity contribution in [3.05, 3.63) is 24.3 Å². The molecule has 0 saturated heterocycles. The Morgan fingerprint density at radius 1 is 1.03 bits per heavy atom. The summed E-state index contributed by atoms with van der Waals surface area (Å²) in [5.74, 6) is 2.69. The molecular weight excluding hydrogens is 410 g/mol. The van der Waals surface area contributed by atoms with Gasteiger partial charge in [-0.15, -0.1) is 0 Å². The SMILES string of the molecule is CC(C)N(C)S(=O)(=O)c1ccc(NC(=O)CN(C)CC23CC4CC(CC(C4)C2)C3)cc1. The van der Waals surface area contributed by atoms with Gasteiger partial charge in [0.2, 0.25) is 15.9 Å². The lowest BCUT2D eigenvalue weighted by atomic mass is 9.49. The van der Waals surface area contributed by atoms with Crippen molar-refractivity contribution >= 4 is 21.6 Å². The third-order valence-electron chi connectivity index (χ3n) is 7.73. The van der Waals surface area contributed by atoms with Crippen LogP contribution in [0.2, 0.25) is 0 Å². The fourth-order valence-electron chi connectivity index (χ4n) is 6.71. The van der Waals surface area contributed by atoms with Gasteiger partial charge < -0.3 is 5.32 Å². The average molecular weight is 448 g/mol. The topological polar surface area (TPSA) is 69.7 Å². The molecule has 0 heterocycles. The van der Waals surface area contributed by atoms with Gasteiger partial charge in [-0.3, -0.25) is 9.69 Å². The predicted molar refractivity (Wildman–Crippen MR) is 123 cm³/mol. The van der Waals surface area contributed by atoms with Crippen molar-refractivity contribution in [2.45, 2.75) is 63.3 Å². The Hall–Kier alpha value is -1.44. The van der Waals surface area contributed by atoms with Gasteiger partial charge >= 0.3 is 0 Å². The van der Waals surface area contributed by atoms with Crippen molar-refractivity contribution in [1.82, 2.24) is 9.21 Å². The summed E-state index contributed by atoms with van der Waals surface area (Å²) in [6.07, 6.45) is 8.32. The van der Waals surface area contributed by atoms with Gasteiger partial charge in [0.1, 0.15) is 0 Å². The van der Waals surface area contributed by atoms with Gasteiger partial charge in [0.05, 0.1) is 11.4 Å². The number of carbonyl (C=O) groups is 1. The van der Waals surface area contributed by atoms with Gasteiger partial charge in [-0.1, -0.05) is 0 Å². The average Bonchev–Trinajstić information content (AvgIpc) is 2.65. The van der Waals surface area contributed by atoms with E-state index in [1.807, 2.05) is 13.8 Å². The molecule has 0 spiro atoms. The fourth-order valence-corrected chi connectivity index (χ4v) is 8.08. The number of hydrogen-bond acceptors (Lipinski definition) is 4. The highest BCUT2D eigenvalue weighted by atomic mass is 32.2. The summed E-state index contributed by atoms with van der Waals surface area (Å²) in [4.78, 5) is 15.0. The third kappa shape index (κ3) is 4.83. The number of amides is 1. The molecular formula is C24H37N3O3S. The van der Waals surface area contributed by atoms with Crippen LogP contribution in [0.1, 0.15) is 52.4 Å². The van der Waals surface area contributed by atoms with Crippen LogP contribution in [0.25, 0.3) is 0 Å². The molecule has 31 heavy (non-hydrogen) atoms. The molecule has 0 aliphatic heterocycles. The molecule has 0 aromatic heterocycles. The standard InChI is InChI=1S/C24H37N3O3S/c1-17(2)27(4)31(29,30)22-7-5-21(6-8-22)25-23(28)15-26(3)16-24-12-18-9-19(13-24)11-20(10-18)14-24/h5-8,17-20H,9-16H2,1-4H3,(H,25,28). The van der Waals surface area contributed by atoms with E-state index in [4.69, 9.17) is 0 Å². The first-order valence-electron chi connectivity index (χ1n) is 11.6. The molecule has 1 aromatic rings. The highest BCUT2D eigenvalue weighted by Gasteiger charge is 2.51. The summed E-state index contributed by atoms with van der Waals surface area (Å²) in [5.41, 5.74) is 1.04. The lowest BCUT2D eigenvalue weighted by Crippen LogP contribution is -2.51. The highest BCUT2D eigenvalue weighted by molar-refractivity contribution is 7.89. The van der Waals surface area contributed by atoms with Crippen molar-refractivity contribution < 1.29 is 13.2 Å². The van der Waals surface area contributed by atoms with E-state index in [0.29, 0.717) is 17.6 Å². The van der Waals surface area contributed by atoms with E-state index in [1.54, 1.807) is 31.3 Å². The summed E-state index contributed by atoms with van der Waals surface area (Å²) in [6, 6.07) is 6.33. The molecule has 1 amide bonds. The zero-order valence-electron chi connectivity index (χ0n) is 19.3. The van der Waals surface area contributed by atoms with Crippen molar-refractivity contribution in [2.75, 3.05) is 32.5 Å². The number of nitrogens with zero attached hydrogens (tertiary/aromatic N) is 2. The normalized spacial score (nSPS) is 29.8. The van der Waals surface area contributed by atoms with Gasteiger partial charge in [-0.05, 0) is 107 Å². The minimum absolute atomic E-state index is 0.0536. The van der Waals surface area contributed by atoms with Gasteiger partial charge in [-0.2, -0.15) is 4.31 Å². The summed E-state index contributed by atoms with van der Waals surface area (Å²) >= 11 is 0. The van der Waals surface area contributed by atoms with Gasteiger partial charge in [0.15, 0.2) is 0 Å². The van der Waals surface area contributed by atoms with Crippen LogP contribution in [0.5, 0.6) is 0 Å². The minimum atomic E-state index is -3.52.